The Morgan fingerprint density at radius 3 is 2.87 bits per heavy atom. The van der Waals surface area contributed by atoms with E-state index in [-0.39, 0.29) is 24.6 Å². The first kappa shape index (κ1) is 16.7. The number of nitrogens with zero attached hydrogens (tertiary/aromatic N) is 2. The first-order valence-corrected chi connectivity index (χ1v) is 7.17. The van der Waals surface area contributed by atoms with Crippen LogP contribution in [0.25, 0.3) is 0 Å². The number of hydrogen-bond donors (Lipinski definition) is 1. The molecule has 1 heterocycles. The normalized spacial score (nSPS) is 10.1. The van der Waals surface area contributed by atoms with E-state index in [0.717, 1.165) is 0 Å². The van der Waals surface area contributed by atoms with Crippen molar-refractivity contribution in [3.63, 3.8) is 0 Å². The smallest absolute Gasteiger partial charge is 0.269 e. The van der Waals surface area contributed by atoms with Crippen molar-refractivity contribution in [3.05, 3.63) is 63.3 Å². The Kier molecular flexibility index (Phi) is 5.87. The van der Waals surface area contributed by atoms with Gasteiger partial charge in [0.25, 0.3) is 5.69 Å². The van der Waals surface area contributed by atoms with Gasteiger partial charge in [0.05, 0.1) is 22.9 Å². The molecule has 1 N–H and O–H groups in total. The maximum atomic E-state index is 11.8. The summed E-state index contributed by atoms with van der Waals surface area (Å²) in [5, 5.41) is 13.9. The second-order valence-corrected chi connectivity index (χ2v) is 5.05. The Balaban J connectivity index is 1.74. The molecule has 0 unspecified atom stereocenters. The summed E-state index contributed by atoms with van der Waals surface area (Å²) in [6.07, 6.45) is 1.54. The first-order valence-electron chi connectivity index (χ1n) is 6.79. The second kappa shape index (κ2) is 8.09. The van der Waals surface area contributed by atoms with E-state index in [0.29, 0.717) is 23.0 Å². The third-order valence-corrected chi connectivity index (χ3v) is 3.08. The molecule has 0 aliphatic carbocycles. The van der Waals surface area contributed by atoms with E-state index in [1.807, 2.05) is 0 Å². The van der Waals surface area contributed by atoms with Crippen LogP contribution in [0.15, 0.2) is 42.6 Å². The fourth-order valence-electron chi connectivity index (χ4n) is 1.82. The summed E-state index contributed by atoms with van der Waals surface area (Å²) in [7, 11) is 0. The van der Waals surface area contributed by atoms with E-state index in [9.17, 15) is 14.9 Å². The van der Waals surface area contributed by atoms with Gasteiger partial charge in [-0.05, 0) is 11.6 Å². The summed E-state index contributed by atoms with van der Waals surface area (Å²) in [4.78, 5) is 25.9. The molecule has 8 heteroatoms. The van der Waals surface area contributed by atoms with Crippen molar-refractivity contribution in [2.75, 3.05) is 13.2 Å². The molecule has 1 aromatic heterocycles. The van der Waals surface area contributed by atoms with Gasteiger partial charge in [0.15, 0.2) is 0 Å². The molecule has 7 nitrogen and oxygen atoms in total. The van der Waals surface area contributed by atoms with Gasteiger partial charge in [-0.2, -0.15) is 0 Å². The van der Waals surface area contributed by atoms with E-state index in [1.165, 1.54) is 18.3 Å². The predicted molar refractivity (Wildman–Crippen MR) is 84.6 cm³/mol. The molecule has 0 saturated heterocycles. The zero-order chi connectivity index (χ0) is 16.7. The number of carbonyl (C=O) groups excluding carboxylic acids is 1. The van der Waals surface area contributed by atoms with Gasteiger partial charge in [0, 0.05) is 24.4 Å². The van der Waals surface area contributed by atoms with Crippen LogP contribution in [0.3, 0.4) is 0 Å². The molecular formula is C15H14ClN3O4. The molecule has 0 saturated carbocycles. The molecule has 0 aliphatic rings. The van der Waals surface area contributed by atoms with E-state index in [1.54, 1.807) is 24.3 Å². The van der Waals surface area contributed by atoms with Gasteiger partial charge in [0.2, 0.25) is 11.8 Å². The quantitative estimate of drug-likeness (QED) is 0.476. The van der Waals surface area contributed by atoms with Crippen LogP contribution in [0.5, 0.6) is 5.88 Å². The second-order valence-electron chi connectivity index (χ2n) is 4.62. The minimum absolute atomic E-state index is 0.0348. The van der Waals surface area contributed by atoms with Gasteiger partial charge in [-0.15, -0.1) is 0 Å². The molecule has 0 radical (unpaired) electrons. The standard InChI is InChI=1S/C15H14ClN3O4/c16-12-4-5-15(18-10-12)23-7-6-17-14(20)9-11-2-1-3-13(8-11)19(21)22/h1-5,8,10H,6-7,9H2,(H,17,20). The first-order chi connectivity index (χ1) is 11.0. The van der Waals surface area contributed by atoms with E-state index in [4.69, 9.17) is 16.3 Å². The fraction of sp³-hybridized carbons (Fsp3) is 0.200. The third kappa shape index (κ3) is 5.55. The van der Waals surface area contributed by atoms with E-state index < -0.39 is 4.92 Å². The predicted octanol–water partition coefficient (Wildman–Crippen LogP) is 2.38. The number of benzene rings is 1. The van der Waals surface area contributed by atoms with Crippen LogP contribution < -0.4 is 10.1 Å². The van der Waals surface area contributed by atoms with Crippen LogP contribution in [0, 0.1) is 10.1 Å². The number of ether oxygens (including phenoxy) is 1. The number of carbonyl (C=O) groups is 1. The maximum absolute atomic E-state index is 11.8. The molecule has 23 heavy (non-hydrogen) atoms. The Morgan fingerprint density at radius 2 is 2.17 bits per heavy atom. The van der Waals surface area contributed by atoms with Crippen molar-refractivity contribution >= 4 is 23.2 Å². The average Bonchev–Trinajstić information content (AvgIpc) is 2.53. The highest BCUT2D eigenvalue weighted by molar-refractivity contribution is 6.30. The van der Waals surface area contributed by atoms with Crippen LogP contribution >= 0.6 is 11.6 Å². The number of aromatic nitrogens is 1. The van der Waals surface area contributed by atoms with E-state index >= 15 is 0 Å². The SMILES string of the molecule is O=C(Cc1cccc([N+](=O)[O-])c1)NCCOc1ccc(Cl)cn1. The number of halogens is 1. The van der Waals surface area contributed by atoms with Crippen molar-refractivity contribution in [1.29, 1.82) is 0 Å². The monoisotopic (exact) mass is 335 g/mol. The summed E-state index contributed by atoms with van der Waals surface area (Å²) in [5.41, 5.74) is 0.546. The van der Waals surface area contributed by atoms with Crippen LogP contribution in [0.2, 0.25) is 5.02 Å². The summed E-state index contributed by atoms with van der Waals surface area (Å²) in [5.74, 6) is 0.181. The molecular weight excluding hydrogens is 322 g/mol. The summed E-state index contributed by atoms with van der Waals surface area (Å²) < 4.78 is 5.34. The zero-order valence-corrected chi connectivity index (χ0v) is 12.8. The molecule has 0 fully saturated rings. The minimum Gasteiger partial charge on any atom is -0.476 e. The summed E-state index contributed by atoms with van der Waals surface area (Å²) in [6, 6.07) is 9.27. The van der Waals surface area contributed by atoms with Crippen LogP contribution in [0.1, 0.15) is 5.56 Å². The Morgan fingerprint density at radius 1 is 1.35 bits per heavy atom. The zero-order valence-electron chi connectivity index (χ0n) is 12.1. The number of amides is 1. The summed E-state index contributed by atoms with van der Waals surface area (Å²) >= 11 is 5.71. The number of hydrogen-bond acceptors (Lipinski definition) is 5. The van der Waals surface area contributed by atoms with Crippen LogP contribution in [0.4, 0.5) is 5.69 Å². The molecule has 0 bridgehead atoms. The molecule has 0 aliphatic heterocycles. The molecule has 2 rings (SSSR count). The van der Waals surface area contributed by atoms with Crippen molar-refractivity contribution in [2.45, 2.75) is 6.42 Å². The minimum atomic E-state index is -0.492. The Labute approximate surface area is 137 Å². The molecule has 0 atom stereocenters. The van der Waals surface area contributed by atoms with Gasteiger partial charge in [-0.1, -0.05) is 23.7 Å². The number of non-ortho nitro benzene ring substituents is 1. The number of pyridine rings is 1. The van der Waals surface area contributed by atoms with Crippen molar-refractivity contribution in [2.24, 2.45) is 0 Å². The highest BCUT2D eigenvalue weighted by atomic mass is 35.5. The molecule has 1 amide bonds. The number of rotatable bonds is 7. The van der Waals surface area contributed by atoms with Crippen molar-refractivity contribution < 1.29 is 14.5 Å². The average molecular weight is 336 g/mol. The topological polar surface area (TPSA) is 94.4 Å². The largest absolute Gasteiger partial charge is 0.476 e. The lowest BCUT2D eigenvalue weighted by Crippen LogP contribution is -2.29. The number of nitrogens with one attached hydrogen (secondary N) is 1. The van der Waals surface area contributed by atoms with E-state index in [2.05, 4.69) is 10.3 Å². The molecule has 0 spiro atoms. The van der Waals surface area contributed by atoms with Gasteiger partial charge >= 0.3 is 0 Å². The van der Waals surface area contributed by atoms with Gasteiger partial charge in [-0.25, -0.2) is 4.98 Å². The lowest BCUT2D eigenvalue weighted by Gasteiger charge is -2.07. The highest BCUT2D eigenvalue weighted by Crippen LogP contribution is 2.13. The van der Waals surface area contributed by atoms with Gasteiger partial charge < -0.3 is 10.1 Å². The van der Waals surface area contributed by atoms with Crippen LogP contribution in [-0.2, 0) is 11.2 Å². The lowest BCUT2D eigenvalue weighted by molar-refractivity contribution is -0.384. The number of nitro groups is 1. The van der Waals surface area contributed by atoms with Crippen molar-refractivity contribution in [1.82, 2.24) is 10.3 Å². The number of nitro benzene ring substituents is 1. The summed E-state index contributed by atoms with van der Waals surface area (Å²) in [6.45, 7) is 0.563. The fourth-order valence-corrected chi connectivity index (χ4v) is 1.93. The van der Waals surface area contributed by atoms with Gasteiger partial charge in [0.1, 0.15) is 6.61 Å². The van der Waals surface area contributed by atoms with Gasteiger partial charge in [-0.3, -0.25) is 14.9 Å². The Bertz CT molecular complexity index is 691. The molecule has 1 aromatic carbocycles. The highest BCUT2D eigenvalue weighted by Gasteiger charge is 2.08. The maximum Gasteiger partial charge on any atom is 0.269 e. The van der Waals surface area contributed by atoms with Crippen molar-refractivity contribution in [3.8, 4) is 5.88 Å². The lowest BCUT2D eigenvalue weighted by atomic mass is 10.1. The molecule has 2 aromatic rings. The Hall–Kier alpha value is -2.67. The molecule has 120 valence electrons. The van der Waals surface area contributed by atoms with Crippen LogP contribution in [-0.4, -0.2) is 29.0 Å². The third-order valence-electron chi connectivity index (χ3n) is 2.86.